The first-order chi connectivity index (χ1) is 25.3. The third-order valence-corrected chi connectivity index (χ3v) is 10.5. The molecule has 3 aromatic heterocycles. The van der Waals surface area contributed by atoms with Gasteiger partial charge in [0.15, 0.2) is 0 Å². The fourth-order valence-corrected chi connectivity index (χ4v) is 8.15. The van der Waals surface area contributed by atoms with Crippen molar-refractivity contribution < 1.29 is 4.42 Å². The molecule has 0 amide bonds. The molecule has 0 atom stereocenters. The summed E-state index contributed by atoms with van der Waals surface area (Å²) in [6.07, 6.45) is 0. The number of hydrogen-bond donors (Lipinski definition) is 0. The lowest BCUT2D eigenvalue weighted by Gasteiger charge is -2.10. The van der Waals surface area contributed by atoms with Crippen LogP contribution >= 0.6 is 0 Å². The van der Waals surface area contributed by atoms with Crippen LogP contribution in [0.3, 0.4) is 0 Å². The monoisotopic (exact) mass is 650 g/mol. The fourth-order valence-electron chi connectivity index (χ4n) is 8.15. The van der Waals surface area contributed by atoms with Crippen LogP contribution in [0.5, 0.6) is 0 Å². The fraction of sp³-hybridized carbons (Fsp3) is 0. The number of nitrogens with zero attached hydrogens (tertiary/aromatic N) is 2. The van der Waals surface area contributed by atoms with E-state index in [4.69, 9.17) is 4.42 Å². The van der Waals surface area contributed by atoms with E-state index in [0.29, 0.717) is 0 Å². The molecule has 0 spiro atoms. The minimum Gasteiger partial charge on any atom is -0.456 e. The van der Waals surface area contributed by atoms with Gasteiger partial charge in [0.05, 0.1) is 22.1 Å². The molecule has 0 unspecified atom stereocenters. The highest BCUT2D eigenvalue weighted by Gasteiger charge is 2.17. The molecule has 0 aliphatic rings. The Hall–Kier alpha value is -6.84. The van der Waals surface area contributed by atoms with E-state index in [-0.39, 0.29) is 0 Å². The third-order valence-electron chi connectivity index (χ3n) is 10.5. The largest absolute Gasteiger partial charge is 0.456 e. The van der Waals surface area contributed by atoms with Gasteiger partial charge in [-0.05, 0) is 95.1 Å². The zero-order valence-corrected chi connectivity index (χ0v) is 27.6. The van der Waals surface area contributed by atoms with Crippen molar-refractivity contribution in [2.24, 2.45) is 0 Å². The highest BCUT2D eigenvalue weighted by atomic mass is 16.3. The highest BCUT2D eigenvalue weighted by Crippen LogP contribution is 2.39. The van der Waals surface area contributed by atoms with Crippen LogP contribution in [0.15, 0.2) is 186 Å². The van der Waals surface area contributed by atoms with Gasteiger partial charge >= 0.3 is 0 Å². The summed E-state index contributed by atoms with van der Waals surface area (Å²) < 4.78 is 11.1. The SMILES string of the molecule is c1ccc(-c2ccc(-n3c4ccccc4c4cc(-c5ccc6oc7ccc(-n8c9ccccc9c9ccccc98)cc7c6c5)ccc43)cc2)cc1. The second kappa shape index (κ2) is 10.8. The summed E-state index contributed by atoms with van der Waals surface area (Å²) in [4.78, 5) is 0. The van der Waals surface area contributed by atoms with Gasteiger partial charge < -0.3 is 13.6 Å². The molecule has 0 saturated carbocycles. The molecule has 3 heteroatoms. The Morgan fingerprint density at radius 2 is 0.706 bits per heavy atom. The predicted molar refractivity (Wildman–Crippen MR) is 213 cm³/mol. The van der Waals surface area contributed by atoms with Crippen LogP contribution < -0.4 is 0 Å². The number of para-hydroxylation sites is 3. The van der Waals surface area contributed by atoms with Crippen LogP contribution in [0, 0.1) is 0 Å². The molecule has 0 bridgehead atoms. The lowest BCUT2D eigenvalue weighted by Crippen LogP contribution is -1.93. The Balaban J connectivity index is 1.05. The second-order valence-electron chi connectivity index (χ2n) is 13.4. The van der Waals surface area contributed by atoms with Crippen molar-refractivity contribution in [2.75, 3.05) is 0 Å². The van der Waals surface area contributed by atoms with E-state index < -0.39 is 0 Å². The van der Waals surface area contributed by atoms with Crippen molar-refractivity contribution in [3.05, 3.63) is 182 Å². The maximum absolute atomic E-state index is 6.39. The molecule has 238 valence electrons. The van der Waals surface area contributed by atoms with Gasteiger partial charge in [0.25, 0.3) is 0 Å². The zero-order chi connectivity index (χ0) is 33.5. The van der Waals surface area contributed by atoms with E-state index in [1.54, 1.807) is 0 Å². The minimum atomic E-state index is 0.892. The number of rotatable bonds is 4. The van der Waals surface area contributed by atoms with Crippen molar-refractivity contribution in [3.63, 3.8) is 0 Å². The molecule has 11 aromatic rings. The first-order valence-electron chi connectivity index (χ1n) is 17.4. The Morgan fingerprint density at radius 3 is 1.37 bits per heavy atom. The Morgan fingerprint density at radius 1 is 0.275 bits per heavy atom. The Kier molecular flexibility index (Phi) is 5.96. The van der Waals surface area contributed by atoms with Gasteiger partial charge in [-0.3, -0.25) is 0 Å². The molecule has 0 aliphatic carbocycles. The minimum absolute atomic E-state index is 0.892. The summed E-state index contributed by atoms with van der Waals surface area (Å²) in [6, 6.07) is 65.5. The Labute approximate surface area is 293 Å². The van der Waals surface area contributed by atoms with Crippen molar-refractivity contribution in [1.82, 2.24) is 9.13 Å². The van der Waals surface area contributed by atoms with Crippen molar-refractivity contribution in [3.8, 4) is 33.6 Å². The smallest absolute Gasteiger partial charge is 0.135 e. The zero-order valence-electron chi connectivity index (χ0n) is 27.6. The number of hydrogen-bond acceptors (Lipinski definition) is 1. The maximum atomic E-state index is 6.39. The number of fused-ring (bicyclic) bond motifs is 9. The summed E-state index contributed by atoms with van der Waals surface area (Å²) in [5, 5.41) is 7.23. The van der Waals surface area contributed by atoms with Crippen LogP contribution in [-0.4, -0.2) is 9.13 Å². The average molecular weight is 651 g/mol. The van der Waals surface area contributed by atoms with Gasteiger partial charge in [0.1, 0.15) is 11.2 Å². The molecule has 0 aliphatic heterocycles. The average Bonchev–Trinajstić information content (AvgIpc) is 3.85. The van der Waals surface area contributed by atoms with Gasteiger partial charge in [-0.2, -0.15) is 0 Å². The van der Waals surface area contributed by atoms with Gasteiger partial charge in [-0.1, -0.05) is 109 Å². The summed E-state index contributed by atoms with van der Waals surface area (Å²) in [5.41, 5.74) is 13.6. The number of benzene rings is 8. The number of furan rings is 1. The van der Waals surface area contributed by atoms with Gasteiger partial charge in [-0.25, -0.2) is 0 Å². The van der Waals surface area contributed by atoms with Crippen molar-refractivity contribution >= 4 is 65.6 Å². The van der Waals surface area contributed by atoms with Crippen LogP contribution in [0.25, 0.3) is 99.2 Å². The summed E-state index contributed by atoms with van der Waals surface area (Å²) in [6.45, 7) is 0. The third kappa shape index (κ3) is 4.25. The van der Waals surface area contributed by atoms with Gasteiger partial charge in [0, 0.05) is 43.7 Å². The molecule has 0 N–H and O–H groups in total. The molecule has 8 aromatic carbocycles. The van der Waals surface area contributed by atoms with E-state index in [9.17, 15) is 0 Å². The van der Waals surface area contributed by atoms with E-state index >= 15 is 0 Å². The second-order valence-corrected chi connectivity index (χ2v) is 13.4. The summed E-state index contributed by atoms with van der Waals surface area (Å²) in [5.74, 6) is 0. The Bertz CT molecular complexity index is 3070. The predicted octanol–water partition coefficient (Wildman–Crippen LogP) is 13.1. The topological polar surface area (TPSA) is 23.0 Å². The summed E-state index contributed by atoms with van der Waals surface area (Å²) >= 11 is 0. The van der Waals surface area contributed by atoms with Crippen LogP contribution in [-0.2, 0) is 0 Å². The first-order valence-corrected chi connectivity index (χ1v) is 17.4. The van der Waals surface area contributed by atoms with Crippen LogP contribution in [0.1, 0.15) is 0 Å². The van der Waals surface area contributed by atoms with E-state index in [2.05, 4.69) is 191 Å². The molecule has 51 heavy (non-hydrogen) atoms. The standard InChI is InChI=1S/C48H30N2O/c1-2-10-31(11-3-1)32-18-22-35(23-19-32)49-45-17-9-6-14-39(45)40-28-33(20-25-46(40)49)34-21-26-47-41(29-34)42-30-36(24-27-48(42)51-47)50-43-15-7-4-12-37(43)38-13-5-8-16-44(38)50/h1-30H. The molecular weight excluding hydrogens is 621 g/mol. The molecular formula is C48H30N2O. The molecule has 3 nitrogen and oxygen atoms in total. The summed E-state index contributed by atoms with van der Waals surface area (Å²) in [7, 11) is 0. The van der Waals surface area contributed by atoms with Crippen LogP contribution in [0.2, 0.25) is 0 Å². The van der Waals surface area contributed by atoms with Gasteiger partial charge in [-0.15, -0.1) is 0 Å². The molecule has 3 heterocycles. The molecule has 0 radical (unpaired) electrons. The highest BCUT2D eigenvalue weighted by molar-refractivity contribution is 6.12. The van der Waals surface area contributed by atoms with E-state index in [1.165, 1.54) is 65.9 Å². The lowest BCUT2D eigenvalue weighted by molar-refractivity contribution is 0.669. The lowest BCUT2D eigenvalue weighted by atomic mass is 10.0. The number of aromatic nitrogens is 2. The maximum Gasteiger partial charge on any atom is 0.135 e. The van der Waals surface area contributed by atoms with Gasteiger partial charge in [0.2, 0.25) is 0 Å². The van der Waals surface area contributed by atoms with Crippen LogP contribution in [0.4, 0.5) is 0 Å². The van der Waals surface area contributed by atoms with Crippen molar-refractivity contribution in [1.29, 1.82) is 0 Å². The quantitative estimate of drug-likeness (QED) is 0.186. The first kappa shape index (κ1) is 28.0. The normalized spacial score (nSPS) is 11.9. The van der Waals surface area contributed by atoms with E-state index in [1.807, 2.05) is 0 Å². The van der Waals surface area contributed by atoms with Crippen molar-refractivity contribution in [2.45, 2.75) is 0 Å². The molecule has 0 saturated heterocycles. The molecule has 0 fully saturated rings. The molecule has 11 rings (SSSR count). The van der Waals surface area contributed by atoms with E-state index in [0.717, 1.165) is 33.3 Å².